The molecule has 2 atom stereocenters. The van der Waals surface area contributed by atoms with Crippen LogP contribution in [-0.4, -0.2) is 23.6 Å². The van der Waals surface area contributed by atoms with E-state index in [4.69, 9.17) is 27.9 Å². The highest BCUT2D eigenvalue weighted by atomic mass is 35.5. The average molecular weight is 307 g/mol. The summed E-state index contributed by atoms with van der Waals surface area (Å²) >= 11 is 14.0. The number of benzene rings is 1. The van der Waals surface area contributed by atoms with Crippen LogP contribution >= 0.6 is 35.0 Å². The quantitative estimate of drug-likeness (QED) is 0.897. The molecule has 1 fully saturated rings. The fourth-order valence-corrected chi connectivity index (χ4v) is 3.98. The van der Waals surface area contributed by atoms with Gasteiger partial charge in [-0.05, 0) is 25.0 Å². The molecule has 1 saturated carbocycles. The Kier molecular flexibility index (Phi) is 5.07. The zero-order valence-electron chi connectivity index (χ0n) is 10.2. The van der Waals surface area contributed by atoms with Crippen LogP contribution in [0, 0.1) is 0 Å². The molecule has 1 N–H and O–H groups in total. The lowest BCUT2D eigenvalue weighted by molar-refractivity contribution is 0.137. The van der Waals surface area contributed by atoms with E-state index in [-0.39, 0.29) is 11.4 Å². The molecule has 1 aliphatic carbocycles. The van der Waals surface area contributed by atoms with Gasteiger partial charge >= 0.3 is 0 Å². The Bertz CT molecular complexity index is 426. The minimum atomic E-state index is -0.249. The molecule has 18 heavy (non-hydrogen) atoms. The Morgan fingerprint density at radius 3 is 2.61 bits per heavy atom. The van der Waals surface area contributed by atoms with Crippen LogP contribution in [0.3, 0.4) is 0 Å². The largest absolute Gasteiger partial charge is 0.495 e. The third-order valence-corrected chi connectivity index (χ3v) is 5.60. The van der Waals surface area contributed by atoms with Crippen molar-refractivity contribution in [3.63, 3.8) is 0 Å². The van der Waals surface area contributed by atoms with Crippen LogP contribution < -0.4 is 4.74 Å². The number of thioether (sulfide) groups is 1. The van der Waals surface area contributed by atoms with Crippen LogP contribution in [0.4, 0.5) is 0 Å². The minimum absolute atomic E-state index is 0.209. The zero-order chi connectivity index (χ0) is 13.1. The van der Waals surface area contributed by atoms with Crippen molar-refractivity contribution in [2.75, 3.05) is 7.11 Å². The molecule has 0 unspecified atom stereocenters. The van der Waals surface area contributed by atoms with Gasteiger partial charge in [-0.15, -0.1) is 11.8 Å². The molecule has 100 valence electrons. The monoisotopic (exact) mass is 306 g/mol. The van der Waals surface area contributed by atoms with E-state index in [1.807, 2.05) is 12.1 Å². The summed E-state index contributed by atoms with van der Waals surface area (Å²) in [6.45, 7) is 0. The highest BCUT2D eigenvalue weighted by molar-refractivity contribution is 8.00. The SMILES string of the molecule is COc1ccc(S[C@H]2CCCC[C@@H]2O)c(Cl)c1Cl. The molecule has 1 aromatic rings. The van der Waals surface area contributed by atoms with Crippen LogP contribution in [0.5, 0.6) is 5.75 Å². The van der Waals surface area contributed by atoms with E-state index in [1.165, 1.54) is 0 Å². The molecule has 0 radical (unpaired) electrons. The molecular weight excluding hydrogens is 291 g/mol. The first-order valence-corrected chi connectivity index (χ1v) is 7.63. The maximum atomic E-state index is 9.97. The van der Waals surface area contributed by atoms with Crippen LogP contribution in [0.25, 0.3) is 0 Å². The Balaban J connectivity index is 2.16. The molecule has 0 aromatic heterocycles. The summed E-state index contributed by atoms with van der Waals surface area (Å²) in [7, 11) is 1.56. The molecular formula is C13H16Cl2O2S. The van der Waals surface area contributed by atoms with E-state index in [0.29, 0.717) is 15.8 Å². The highest BCUT2D eigenvalue weighted by Gasteiger charge is 2.25. The highest BCUT2D eigenvalue weighted by Crippen LogP contribution is 2.42. The number of methoxy groups -OCH3 is 1. The number of rotatable bonds is 3. The van der Waals surface area contributed by atoms with E-state index >= 15 is 0 Å². The molecule has 2 rings (SSSR count). The van der Waals surface area contributed by atoms with Crippen LogP contribution in [0.2, 0.25) is 10.0 Å². The van der Waals surface area contributed by atoms with Crippen LogP contribution in [0.1, 0.15) is 25.7 Å². The van der Waals surface area contributed by atoms with Gasteiger partial charge in [0, 0.05) is 10.1 Å². The van der Waals surface area contributed by atoms with Gasteiger partial charge in [-0.2, -0.15) is 0 Å². The molecule has 0 heterocycles. The topological polar surface area (TPSA) is 29.5 Å². The normalized spacial score (nSPS) is 24.0. The van der Waals surface area contributed by atoms with E-state index in [0.717, 1.165) is 30.6 Å². The van der Waals surface area contributed by atoms with Crippen molar-refractivity contribution < 1.29 is 9.84 Å². The fraction of sp³-hybridized carbons (Fsp3) is 0.538. The number of hydrogen-bond donors (Lipinski definition) is 1. The third-order valence-electron chi connectivity index (χ3n) is 3.18. The van der Waals surface area contributed by atoms with Gasteiger partial charge in [-0.1, -0.05) is 36.0 Å². The molecule has 0 saturated heterocycles. The first-order valence-electron chi connectivity index (χ1n) is 6.00. The van der Waals surface area contributed by atoms with Crippen molar-refractivity contribution in [1.82, 2.24) is 0 Å². The van der Waals surface area contributed by atoms with Crippen LogP contribution in [0.15, 0.2) is 17.0 Å². The van der Waals surface area contributed by atoms with Crippen molar-refractivity contribution >= 4 is 35.0 Å². The number of aliphatic hydroxyl groups is 1. The van der Waals surface area contributed by atoms with E-state index in [1.54, 1.807) is 18.9 Å². The van der Waals surface area contributed by atoms with Crippen molar-refractivity contribution in [2.45, 2.75) is 41.9 Å². The summed E-state index contributed by atoms with van der Waals surface area (Å²) in [4.78, 5) is 0.911. The van der Waals surface area contributed by atoms with Gasteiger partial charge in [0.1, 0.15) is 10.8 Å². The maximum absolute atomic E-state index is 9.97. The lowest BCUT2D eigenvalue weighted by Crippen LogP contribution is -2.26. The first-order chi connectivity index (χ1) is 8.63. The number of aliphatic hydroxyl groups excluding tert-OH is 1. The van der Waals surface area contributed by atoms with E-state index in [9.17, 15) is 5.11 Å². The minimum Gasteiger partial charge on any atom is -0.495 e. The smallest absolute Gasteiger partial charge is 0.139 e. The predicted octanol–water partition coefficient (Wildman–Crippen LogP) is 4.40. The Labute approximate surface area is 122 Å². The Hall–Kier alpha value is -0.0900. The second-order valence-electron chi connectivity index (χ2n) is 4.40. The fourth-order valence-electron chi connectivity index (χ4n) is 2.14. The van der Waals surface area contributed by atoms with Gasteiger partial charge in [0.25, 0.3) is 0 Å². The molecule has 1 aliphatic rings. The lowest BCUT2D eigenvalue weighted by Gasteiger charge is -2.27. The maximum Gasteiger partial charge on any atom is 0.139 e. The molecule has 0 amide bonds. The predicted molar refractivity (Wildman–Crippen MR) is 77.1 cm³/mol. The van der Waals surface area contributed by atoms with Gasteiger partial charge in [0.2, 0.25) is 0 Å². The Morgan fingerprint density at radius 2 is 1.94 bits per heavy atom. The molecule has 1 aromatic carbocycles. The van der Waals surface area contributed by atoms with Gasteiger partial charge in [0.05, 0.1) is 18.2 Å². The standard InChI is InChI=1S/C13H16Cl2O2S/c1-17-9-6-7-11(13(15)12(9)14)18-10-5-3-2-4-8(10)16/h6-8,10,16H,2-5H2,1H3/t8-,10-/m0/s1. The Morgan fingerprint density at radius 1 is 1.22 bits per heavy atom. The number of ether oxygens (including phenoxy) is 1. The first kappa shape index (κ1) is 14.3. The number of hydrogen-bond acceptors (Lipinski definition) is 3. The number of halogens is 2. The molecule has 0 bridgehead atoms. The summed E-state index contributed by atoms with van der Waals surface area (Å²) in [6.07, 6.45) is 3.91. The van der Waals surface area contributed by atoms with Gasteiger partial charge in [-0.3, -0.25) is 0 Å². The summed E-state index contributed by atoms with van der Waals surface area (Å²) in [5.41, 5.74) is 0. The van der Waals surface area contributed by atoms with Gasteiger partial charge in [0.15, 0.2) is 0 Å². The van der Waals surface area contributed by atoms with Crippen molar-refractivity contribution in [3.05, 3.63) is 22.2 Å². The van der Waals surface area contributed by atoms with Crippen molar-refractivity contribution in [2.24, 2.45) is 0 Å². The van der Waals surface area contributed by atoms with Gasteiger partial charge in [-0.25, -0.2) is 0 Å². The molecule has 5 heteroatoms. The third kappa shape index (κ3) is 3.08. The molecule has 2 nitrogen and oxygen atoms in total. The van der Waals surface area contributed by atoms with Gasteiger partial charge < -0.3 is 9.84 Å². The van der Waals surface area contributed by atoms with Crippen LogP contribution in [-0.2, 0) is 0 Å². The summed E-state index contributed by atoms with van der Waals surface area (Å²) in [5.74, 6) is 0.579. The summed E-state index contributed by atoms with van der Waals surface area (Å²) in [5, 5.41) is 11.1. The summed E-state index contributed by atoms with van der Waals surface area (Å²) < 4.78 is 5.12. The second kappa shape index (κ2) is 6.38. The second-order valence-corrected chi connectivity index (χ2v) is 6.44. The van der Waals surface area contributed by atoms with E-state index in [2.05, 4.69) is 0 Å². The zero-order valence-corrected chi connectivity index (χ0v) is 12.5. The molecule has 0 aliphatic heterocycles. The van der Waals surface area contributed by atoms with E-state index < -0.39 is 0 Å². The molecule has 0 spiro atoms. The average Bonchev–Trinajstić information content (AvgIpc) is 2.38. The lowest BCUT2D eigenvalue weighted by atomic mass is 9.97. The van der Waals surface area contributed by atoms with Crippen molar-refractivity contribution in [3.8, 4) is 5.75 Å². The van der Waals surface area contributed by atoms with Crippen molar-refractivity contribution in [1.29, 1.82) is 0 Å². The summed E-state index contributed by atoms with van der Waals surface area (Å²) in [6, 6.07) is 3.71.